The molecule has 5 nitrogen and oxygen atoms in total. The maximum absolute atomic E-state index is 12.9. The Bertz CT molecular complexity index is 731. The fourth-order valence-corrected chi connectivity index (χ4v) is 4.69. The van der Waals surface area contributed by atoms with Crippen molar-refractivity contribution in [3.63, 3.8) is 0 Å². The number of fused-ring (bicyclic) bond motifs is 1. The fourth-order valence-electron chi connectivity index (χ4n) is 2.79. The summed E-state index contributed by atoms with van der Waals surface area (Å²) in [6, 6.07) is 8.65. The molecule has 21 heavy (non-hydrogen) atoms. The highest BCUT2D eigenvalue weighted by Gasteiger charge is 2.35. The summed E-state index contributed by atoms with van der Waals surface area (Å²) in [7, 11) is -3.51. The number of rotatable bonds is 3. The molecular weight excluding hydrogens is 310 g/mol. The third-order valence-corrected chi connectivity index (χ3v) is 5.80. The largest absolute Gasteiger partial charge is 0.329 e. The predicted octanol–water partition coefficient (Wildman–Crippen LogP) is 1.77. The highest BCUT2D eigenvalue weighted by Crippen LogP contribution is 2.29. The normalized spacial score (nSPS) is 19.6. The molecule has 1 aliphatic heterocycles. The number of hydrogen-bond donors (Lipinski definition) is 1. The quantitative estimate of drug-likeness (QED) is 0.932. The second-order valence-corrected chi connectivity index (χ2v) is 6.83. The summed E-state index contributed by atoms with van der Waals surface area (Å²) in [6.45, 7) is 0.906. The van der Waals surface area contributed by atoms with Crippen LogP contribution < -0.4 is 5.73 Å². The molecule has 1 aromatic heterocycles. The van der Waals surface area contributed by atoms with Gasteiger partial charge >= 0.3 is 0 Å². The van der Waals surface area contributed by atoms with E-state index >= 15 is 0 Å². The predicted molar refractivity (Wildman–Crippen MR) is 85.0 cm³/mol. The summed E-state index contributed by atoms with van der Waals surface area (Å²) < 4.78 is 27.3. The SMILES string of the molecule is Cl.NCC1CCCN1S(=O)(=O)c1cccc2ncccc12. The first kappa shape index (κ1) is 16.2. The summed E-state index contributed by atoms with van der Waals surface area (Å²) in [6.07, 6.45) is 3.36. The second kappa shape index (κ2) is 6.27. The van der Waals surface area contributed by atoms with Gasteiger partial charge in [0.15, 0.2) is 0 Å². The summed E-state index contributed by atoms with van der Waals surface area (Å²) >= 11 is 0. The Hall–Kier alpha value is -1.21. The number of sulfonamides is 1. The first-order valence-electron chi connectivity index (χ1n) is 6.70. The minimum Gasteiger partial charge on any atom is -0.329 e. The zero-order valence-electron chi connectivity index (χ0n) is 11.5. The van der Waals surface area contributed by atoms with E-state index in [1.54, 1.807) is 30.5 Å². The molecule has 1 atom stereocenters. The Balaban J connectivity index is 0.00000161. The van der Waals surface area contributed by atoms with Crippen LogP contribution in [0.4, 0.5) is 0 Å². The van der Waals surface area contributed by atoms with Crippen molar-refractivity contribution in [2.45, 2.75) is 23.8 Å². The molecule has 1 saturated heterocycles. The van der Waals surface area contributed by atoms with Gasteiger partial charge in [-0.3, -0.25) is 4.98 Å². The molecule has 0 aliphatic carbocycles. The van der Waals surface area contributed by atoms with Crippen LogP contribution in [0.2, 0.25) is 0 Å². The number of hydrogen-bond acceptors (Lipinski definition) is 4. The maximum atomic E-state index is 12.9. The number of pyridine rings is 1. The lowest BCUT2D eigenvalue weighted by Crippen LogP contribution is -2.39. The average molecular weight is 328 g/mol. The molecule has 114 valence electrons. The number of halogens is 1. The van der Waals surface area contributed by atoms with Gasteiger partial charge in [-0.2, -0.15) is 4.31 Å². The molecule has 0 bridgehead atoms. The molecule has 1 aliphatic rings. The van der Waals surface area contributed by atoms with E-state index in [4.69, 9.17) is 5.73 Å². The van der Waals surface area contributed by atoms with Crippen molar-refractivity contribution < 1.29 is 8.42 Å². The zero-order valence-corrected chi connectivity index (χ0v) is 13.1. The Morgan fingerprint density at radius 3 is 2.86 bits per heavy atom. The highest BCUT2D eigenvalue weighted by atomic mass is 35.5. The van der Waals surface area contributed by atoms with Gasteiger partial charge in [0, 0.05) is 30.7 Å². The lowest BCUT2D eigenvalue weighted by molar-refractivity contribution is 0.393. The summed E-state index contributed by atoms with van der Waals surface area (Å²) in [5, 5.41) is 0.665. The third-order valence-electron chi connectivity index (χ3n) is 3.79. The van der Waals surface area contributed by atoms with Gasteiger partial charge in [-0.25, -0.2) is 8.42 Å². The first-order chi connectivity index (χ1) is 9.64. The van der Waals surface area contributed by atoms with Gasteiger partial charge in [0.05, 0.1) is 10.4 Å². The molecule has 1 unspecified atom stereocenters. The maximum Gasteiger partial charge on any atom is 0.244 e. The fraction of sp³-hybridized carbons (Fsp3) is 0.357. The van der Waals surface area contributed by atoms with Crippen LogP contribution in [0.5, 0.6) is 0 Å². The van der Waals surface area contributed by atoms with Crippen LogP contribution >= 0.6 is 12.4 Å². The van der Waals surface area contributed by atoms with E-state index < -0.39 is 10.0 Å². The van der Waals surface area contributed by atoms with E-state index in [1.165, 1.54) is 4.31 Å². The van der Waals surface area contributed by atoms with Crippen molar-refractivity contribution in [2.75, 3.05) is 13.1 Å². The Morgan fingerprint density at radius 1 is 1.29 bits per heavy atom. The third kappa shape index (κ3) is 2.76. The van der Waals surface area contributed by atoms with Crippen LogP contribution in [-0.2, 0) is 10.0 Å². The molecule has 0 saturated carbocycles. The standard InChI is InChI=1S/C14H17N3O2S.ClH/c15-10-11-4-3-9-17(11)20(18,19)14-7-1-6-13-12(14)5-2-8-16-13;/h1-2,5-8,11H,3-4,9-10,15H2;1H. The van der Waals surface area contributed by atoms with E-state index in [0.717, 1.165) is 12.8 Å². The molecule has 1 fully saturated rings. The van der Waals surface area contributed by atoms with Crippen molar-refractivity contribution in [3.05, 3.63) is 36.5 Å². The van der Waals surface area contributed by atoms with Gasteiger partial charge in [0.1, 0.15) is 0 Å². The van der Waals surface area contributed by atoms with Crippen molar-refractivity contribution >= 4 is 33.3 Å². The van der Waals surface area contributed by atoms with Gasteiger partial charge in [-0.05, 0) is 37.1 Å². The molecule has 0 spiro atoms. The van der Waals surface area contributed by atoms with Crippen molar-refractivity contribution in [1.82, 2.24) is 9.29 Å². The van der Waals surface area contributed by atoms with Crippen molar-refractivity contribution in [3.8, 4) is 0 Å². The Kier molecular flexibility index (Phi) is 4.83. The van der Waals surface area contributed by atoms with Crippen LogP contribution in [0.15, 0.2) is 41.4 Å². The van der Waals surface area contributed by atoms with Crippen LogP contribution in [-0.4, -0.2) is 36.8 Å². The molecule has 3 rings (SSSR count). The molecular formula is C14H18ClN3O2S. The van der Waals surface area contributed by atoms with Crippen molar-refractivity contribution in [2.24, 2.45) is 5.73 Å². The van der Waals surface area contributed by atoms with Gasteiger partial charge in [0.25, 0.3) is 0 Å². The van der Waals surface area contributed by atoms with Gasteiger partial charge < -0.3 is 5.73 Å². The van der Waals surface area contributed by atoms with E-state index in [9.17, 15) is 8.42 Å². The van der Waals surface area contributed by atoms with E-state index in [1.807, 2.05) is 6.07 Å². The monoisotopic (exact) mass is 327 g/mol. The van der Waals surface area contributed by atoms with E-state index in [-0.39, 0.29) is 18.4 Å². The highest BCUT2D eigenvalue weighted by molar-refractivity contribution is 7.89. The minimum absolute atomic E-state index is 0. The number of nitrogens with two attached hydrogens (primary N) is 1. The Labute approximate surface area is 130 Å². The van der Waals surface area contributed by atoms with Gasteiger partial charge in [0.2, 0.25) is 10.0 Å². The molecule has 2 heterocycles. The minimum atomic E-state index is -3.51. The van der Waals surface area contributed by atoms with E-state index in [2.05, 4.69) is 4.98 Å². The molecule has 0 radical (unpaired) electrons. The molecule has 7 heteroatoms. The van der Waals surface area contributed by atoms with Crippen LogP contribution in [0.1, 0.15) is 12.8 Å². The first-order valence-corrected chi connectivity index (χ1v) is 8.14. The average Bonchev–Trinajstić information content (AvgIpc) is 2.96. The van der Waals surface area contributed by atoms with Gasteiger partial charge in [-0.15, -0.1) is 12.4 Å². The topological polar surface area (TPSA) is 76.3 Å². The van der Waals surface area contributed by atoms with Crippen LogP contribution in [0.25, 0.3) is 10.9 Å². The summed E-state index contributed by atoms with van der Waals surface area (Å²) in [4.78, 5) is 4.54. The molecule has 2 N–H and O–H groups in total. The molecule has 2 aromatic rings. The van der Waals surface area contributed by atoms with Crippen LogP contribution in [0.3, 0.4) is 0 Å². The molecule has 1 aromatic carbocycles. The van der Waals surface area contributed by atoms with E-state index in [0.29, 0.717) is 28.9 Å². The zero-order chi connectivity index (χ0) is 14.2. The lowest BCUT2D eigenvalue weighted by atomic mass is 10.2. The molecule has 0 amide bonds. The van der Waals surface area contributed by atoms with Crippen molar-refractivity contribution in [1.29, 1.82) is 0 Å². The Morgan fingerprint density at radius 2 is 2.10 bits per heavy atom. The smallest absolute Gasteiger partial charge is 0.244 e. The number of aromatic nitrogens is 1. The lowest BCUT2D eigenvalue weighted by Gasteiger charge is -2.23. The van der Waals surface area contributed by atoms with Crippen LogP contribution in [0, 0.1) is 0 Å². The van der Waals surface area contributed by atoms with Gasteiger partial charge in [-0.1, -0.05) is 6.07 Å². The number of benzene rings is 1. The second-order valence-electron chi connectivity index (χ2n) is 4.97. The summed E-state index contributed by atoms with van der Waals surface area (Å²) in [5.74, 6) is 0. The number of nitrogens with zero attached hydrogens (tertiary/aromatic N) is 2. The summed E-state index contributed by atoms with van der Waals surface area (Å²) in [5.41, 5.74) is 6.38.